The standard InChI is InChI=1S/C42H66N2O7Si3/c1-39(2,3)52(10,11)48-27-33-34(50-53(12,13)40(4,5)6)35(51-54(14,15)41(7,8)9)37(49-33)44-26-32(36(45)43-38(44)46)42(47)30-22-18-16-20-28(30)24-25-29-21-17-19-23-31(29)42/h16-23,26,33-35,37,47H,24-25,27H2,1-15H3,(H,43,45,46)/t33-,34-,35-,37-/m1/s1. The lowest BCUT2D eigenvalue weighted by atomic mass is 9.79. The van der Waals surface area contributed by atoms with Crippen LogP contribution in [-0.4, -0.2) is 64.5 Å². The second-order valence-corrected chi connectivity index (χ2v) is 34.4. The Kier molecular flexibility index (Phi) is 11.5. The molecule has 3 aromatic rings. The van der Waals surface area contributed by atoms with E-state index in [1.165, 1.54) is 10.8 Å². The summed E-state index contributed by atoms with van der Waals surface area (Å²) in [4.78, 5) is 30.9. The Morgan fingerprint density at radius 2 is 1.17 bits per heavy atom. The second kappa shape index (κ2) is 14.5. The normalized spacial score (nSPS) is 22.4. The van der Waals surface area contributed by atoms with Gasteiger partial charge in [0, 0.05) is 6.20 Å². The van der Waals surface area contributed by atoms with Crippen LogP contribution < -0.4 is 11.2 Å². The number of aliphatic hydroxyl groups is 1. The van der Waals surface area contributed by atoms with Crippen molar-refractivity contribution in [3.05, 3.63) is 103 Å². The van der Waals surface area contributed by atoms with Crippen LogP contribution in [0.25, 0.3) is 0 Å². The van der Waals surface area contributed by atoms with Crippen LogP contribution >= 0.6 is 0 Å². The molecule has 0 radical (unpaired) electrons. The molecule has 0 saturated carbocycles. The van der Waals surface area contributed by atoms with E-state index in [9.17, 15) is 14.7 Å². The SMILES string of the molecule is CC(C)(C)[Si](C)(C)OC[C@H]1O[C@@H](n2cc(C3(O)c4ccccc4CCc4ccccc43)c(=O)[nH]c2=O)[C@H](O[Si](C)(C)C(C)(C)C)[C@@H]1O[Si](C)(C)C(C)(C)C. The molecule has 1 aliphatic carbocycles. The average Bonchev–Trinajstić information content (AvgIpc) is 3.29. The lowest BCUT2D eigenvalue weighted by Crippen LogP contribution is -2.55. The van der Waals surface area contributed by atoms with E-state index in [0.29, 0.717) is 24.0 Å². The maximum absolute atomic E-state index is 14.2. The highest BCUT2D eigenvalue weighted by atomic mass is 28.4. The van der Waals surface area contributed by atoms with E-state index in [0.717, 1.165) is 11.1 Å². The van der Waals surface area contributed by atoms with Crippen LogP contribution in [0.3, 0.4) is 0 Å². The Labute approximate surface area is 326 Å². The summed E-state index contributed by atoms with van der Waals surface area (Å²) in [6.45, 7) is 33.3. The number of aromatic amines is 1. The lowest BCUT2D eigenvalue weighted by molar-refractivity contribution is -0.0514. The highest BCUT2D eigenvalue weighted by molar-refractivity contribution is 6.75. The molecule has 0 unspecified atom stereocenters. The van der Waals surface area contributed by atoms with Crippen molar-refractivity contribution >= 4 is 25.0 Å². The van der Waals surface area contributed by atoms with Crippen molar-refractivity contribution in [1.29, 1.82) is 0 Å². The van der Waals surface area contributed by atoms with E-state index in [-0.39, 0.29) is 27.3 Å². The predicted octanol–water partition coefficient (Wildman–Crippen LogP) is 8.62. The quantitative estimate of drug-likeness (QED) is 0.209. The number of nitrogens with zero attached hydrogens (tertiary/aromatic N) is 1. The summed E-state index contributed by atoms with van der Waals surface area (Å²) in [6.07, 6.45) is 0.0651. The van der Waals surface area contributed by atoms with Gasteiger partial charge in [-0.15, -0.1) is 0 Å². The molecule has 0 bridgehead atoms. The van der Waals surface area contributed by atoms with Crippen molar-refractivity contribution in [1.82, 2.24) is 9.55 Å². The van der Waals surface area contributed by atoms with Gasteiger partial charge in [-0.3, -0.25) is 14.3 Å². The van der Waals surface area contributed by atoms with E-state index in [2.05, 4.69) is 107 Å². The first kappa shape index (κ1) is 42.7. The Hall–Kier alpha value is -2.43. The Balaban J connectivity index is 1.74. The van der Waals surface area contributed by atoms with E-state index in [4.69, 9.17) is 18.0 Å². The summed E-state index contributed by atoms with van der Waals surface area (Å²) in [7, 11) is -7.21. The molecule has 1 fully saturated rings. The van der Waals surface area contributed by atoms with Gasteiger partial charge in [-0.1, -0.05) is 111 Å². The van der Waals surface area contributed by atoms with Crippen LogP contribution in [0.15, 0.2) is 64.3 Å². The van der Waals surface area contributed by atoms with Crippen molar-refractivity contribution in [3.63, 3.8) is 0 Å². The van der Waals surface area contributed by atoms with Crippen LogP contribution in [0.1, 0.15) is 96.4 Å². The summed E-state index contributed by atoms with van der Waals surface area (Å²) >= 11 is 0. The predicted molar refractivity (Wildman–Crippen MR) is 225 cm³/mol. The first-order valence-corrected chi connectivity index (χ1v) is 28.2. The van der Waals surface area contributed by atoms with E-state index >= 15 is 0 Å². The van der Waals surface area contributed by atoms with Crippen molar-refractivity contribution in [3.8, 4) is 0 Å². The molecule has 0 spiro atoms. The third-order valence-electron chi connectivity index (χ3n) is 13.3. The monoisotopic (exact) mass is 794 g/mol. The number of aromatic nitrogens is 2. The molecule has 4 atom stereocenters. The van der Waals surface area contributed by atoms with Gasteiger partial charge in [0.15, 0.2) is 31.2 Å². The number of aryl methyl sites for hydroxylation is 2. The first-order valence-electron chi connectivity index (χ1n) is 19.5. The first-order chi connectivity index (χ1) is 24.6. The average molecular weight is 795 g/mol. The molecule has 2 heterocycles. The van der Waals surface area contributed by atoms with Crippen LogP contribution in [0.2, 0.25) is 54.4 Å². The zero-order chi connectivity index (χ0) is 40.4. The van der Waals surface area contributed by atoms with Gasteiger partial charge < -0.3 is 23.1 Å². The highest BCUT2D eigenvalue weighted by Crippen LogP contribution is 2.47. The van der Waals surface area contributed by atoms with Crippen molar-refractivity contribution < 1.29 is 23.1 Å². The molecule has 0 amide bonds. The number of H-pyrrole nitrogens is 1. The third-order valence-corrected chi connectivity index (χ3v) is 26.7. The fraction of sp³-hybridized carbons (Fsp3) is 0.619. The smallest absolute Gasteiger partial charge is 0.330 e. The van der Waals surface area contributed by atoms with Gasteiger partial charge in [-0.2, -0.15) is 0 Å². The minimum absolute atomic E-state index is 0.0384. The van der Waals surface area contributed by atoms with Gasteiger partial charge >= 0.3 is 5.69 Å². The maximum atomic E-state index is 14.2. The number of hydrogen-bond donors (Lipinski definition) is 2. The second-order valence-electron chi connectivity index (χ2n) is 20.1. The fourth-order valence-corrected chi connectivity index (χ4v) is 10.3. The molecule has 298 valence electrons. The van der Waals surface area contributed by atoms with Gasteiger partial charge in [0.1, 0.15) is 23.9 Å². The van der Waals surface area contributed by atoms with Crippen LogP contribution in [0.5, 0.6) is 0 Å². The molecule has 9 nitrogen and oxygen atoms in total. The van der Waals surface area contributed by atoms with E-state index in [1.54, 1.807) is 0 Å². The molecule has 2 N–H and O–H groups in total. The number of rotatable bonds is 9. The number of fused-ring (bicyclic) bond motifs is 2. The molecule has 2 aromatic carbocycles. The number of nitrogens with one attached hydrogen (secondary N) is 1. The summed E-state index contributed by atoms with van der Waals surface area (Å²) < 4.78 is 29.9. The molecule has 2 aliphatic rings. The number of hydrogen-bond acceptors (Lipinski definition) is 7. The molecule has 1 saturated heterocycles. The Bertz CT molecular complexity index is 1900. The third kappa shape index (κ3) is 7.91. The van der Waals surface area contributed by atoms with Crippen LogP contribution in [0, 0.1) is 0 Å². The highest BCUT2D eigenvalue weighted by Gasteiger charge is 2.55. The number of ether oxygens (including phenoxy) is 1. The summed E-state index contributed by atoms with van der Waals surface area (Å²) in [5.74, 6) is 0. The van der Waals surface area contributed by atoms with Gasteiger partial charge in [-0.05, 0) is 89.5 Å². The topological polar surface area (TPSA) is 112 Å². The molecule has 1 aliphatic heterocycles. The number of benzene rings is 2. The Morgan fingerprint density at radius 3 is 1.63 bits per heavy atom. The molecule has 1 aromatic heterocycles. The van der Waals surface area contributed by atoms with E-state index in [1.807, 2.05) is 48.5 Å². The molecular weight excluding hydrogens is 729 g/mol. The molecular formula is C42H66N2O7Si3. The molecule has 12 heteroatoms. The van der Waals surface area contributed by atoms with Crippen molar-refractivity contribution in [2.24, 2.45) is 0 Å². The van der Waals surface area contributed by atoms with Gasteiger partial charge in [0.05, 0.1) is 12.2 Å². The molecule has 5 rings (SSSR count). The minimum Gasteiger partial charge on any atom is -0.414 e. The fourth-order valence-electron chi connectivity index (χ4n) is 6.69. The van der Waals surface area contributed by atoms with Gasteiger partial charge in [-0.25, -0.2) is 4.79 Å². The van der Waals surface area contributed by atoms with E-state index < -0.39 is 66.3 Å². The molecule has 54 heavy (non-hydrogen) atoms. The Morgan fingerprint density at radius 1 is 0.722 bits per heavy atom. The van der Waals surface area contributed by atoms with Gasteiger partial charge in [0.2, 0.25) is 0 Å². The van der Waals surface area contributed by atoms with Crippen LogP contribution in [-0.2, 0) is 36.5 Å². The summed E-state index contributed by atoms with van der Waals surface area (Å²) in [5.41, 5.74) is 0.0132. The van der Waals surface area contributed by atoms with Gasteiger partial charge in [0.25, 0.3) is 5.56 Å². The minimum atomic E-state index is -2.53. The van der Waals surface area contributed by atoms with Crippen LogP contribution in [0.4, 0.5) is 0 Å². The maximum Gasteiger partial charge on any atom is 0.330 e. The zero-order valence-electron chi connectivity index (χ0n) is 35.5. The van der Waals surface area contributed by atoms with Crippen molar-refractivity contribution in [2.45, 2.75) is 160 Å². The largest absolute Gasteiger partial charge is 0.414 e. The zero-order valence-corrected chi connectivity index (χ0v) is 38.5. The summed E-state index contributed by atoms with van der Waals surface area (Å²) in [6, 6.07) is 15.4. The summed E-state index contributed by atoms with van der Waals surface area (Å²) in [5, 5.41) is 12.8. The van der Waals surface area contributed by atoms with Crippen molar-refractivity contribution in [2.75, 3.05) is 6.61 Å². The lowest BCUT2D eigenvalue weighted by Gasteiger charge is -2.44.